The number of pyridine rings is 1. The minimum Gasteiger partial charge on any atom is -0.468 e. The molecule has 2 aliphatic heterocycles. The van der Waals surface area contributed by atoms with E-state index in [0.29, 0.717) is 19.7 Å². The normalized spacial score (nSPS) is 24.3. The van der Waals surface area contributed by atoms with Gasteiger partial charge in [-0.3, -0.25) is 14.7 Å². The molecule has 4 rings (SSSR count). The van der Waals surface area contributed by atoms with Gasteiger partial charge in [-0.25, -0.2) is 0 Å². The molecule has 4 heterocycles. The van der Waals surface area contributed by atoms with E-state index in [1.807, 2.05) is 42.2 Å². The Labute approximate surface area is 153 Å². The lowest BCUT2D eigenvalue weighted by Crippen LogP contribution is -2.48. The van der Waals surface area contributed by atoms with Crippen LogP contribution in [0.3, 0.4) is 0 Å². The van der Waals surface area contributed by atoms with Crippen LogP contribution in [0.15, 0.2) is 41.0 Å². The summed E-state index contributed by atoms with van der Waals surface area (Å²) in [4.78, 5) is 21.8. The van der Waals surface area contributed by atoms with Crippen LogP contribution in [0, 0.1) is 12.8 Å². The Bertz CT molecular complexity index is 747. The number of carbonyl (C=O) groups excluding carboxylic acids is 1. The second-order valence-corrected chi connectivity index (χ2v) is 7.15. The van der Waals surface area contributed by atoms with Crippen LogP contribution in [0.1, 0.15) is 23.6 Å². The average Bonchev–Trinajstić information content (AvgIpc) is 3.08. The summed E-state index contributed by atoms with van der Waals surface area (Å²) >= 11 is 0. The summed E-state index contributed by atoms with van der Waals surface area (Å²) in [6.07, 6.45) is 2.48. The summed E-state index contributed by atoms with van der Waals surface area (Å²) in [5, 5.41) is 0. The lowest BCUT2D eigenvalue weighted by Gasteiger charge is -2.36. The number of hydrogen-bond acceptors (Lipinski definition) is 5. The molecule has 2 aromatic rings. The third-order valence-corrected chi connectivity index (χ3v) is 5.22. The molecule has 2 aromatic heterocycles. The number of nitrogens with zero attached hydrogens (tertiary/aromatic N) is 3. The molecule has 2 saturated heterocycles. The van der Waals surface area contributed by atoms with Crippen molar-refractivity contribution in [2.24, 2.45) is 5.92 Å². The summed E-state index contributed by atoms with van der Waals surface area (Å²) in [6, 6.07) is 9.84. The lowest BCUT2D eigenvalue weighted by atomic mass is 9.92. The van der Waals surface area contributed by atoms with E-state index >= 15 is 0 Å². The molecule has 6 heteroatoms. The molecule has 0 unspecified atom stereocenters. The second kappa shape index (κ2) is 7.60. The number of carbonyl (C=O) groups is 1. The zero-order valence-electron chi connectivity index (χ0n) is 15.1. The predicted octanol–water partition coefficient (Wildman–Crippen LogP) is 2.23. The Hall–Kier alpha value is -2.18. The van der Waals surface area contributed by atoms with Gasteiger partial charge in [-0.05, 0) is 44.2 Å². The highest BCUT2D eigenvalue weighted by Gasteiger charge is 2.39. The second-order valence-electron chi connectivity index (χ2n) is 7.15. The van der Waals surface area contributed by atoms with Crippen LogP contribution in [0.4, 0.5) is 0 Å². The van der Waals surface area contributed by atoms with Crippen molar-refractivity contribution in [1.29, 1.82) is 0 Å². The van der Waals surface area contributed by atoms with Gasteiger partial charge < -0.3 is 14.1 Å². The Morgan fingerprint density at radius 2 is 2.12 bits per heavy atom. The van der Waals surface area contributed by atoms with Gasteiger partial charge in [-0.15, -0.1) is 0 Å². The number of rotatable bonds is 4. The highest BCUT2D eigenvalue weighted by atomic mass is 16.5. The molecule has 2 fully saturated rings. The van der Waals surface area contributed by atoms with Crippen LogP contribution < -0.4 is 0 Å². The van der Waals surface area contributed by atoms with E-state index in [-0.39, 0.29) is 17.9 Å². The molecule has 0 spiro atoms. The van der Waals surface area contributed by atoms with Crippen LogP contribution >= 0.6 is 0 Å². The summed E-state index contributed by atoms with van der Waals surface area (Å²) in [6.45, 7) is 6.16. The fourth-order valence-electron chi connectivity index (χ4n) is 3.90. The lowest BCUT2D eigenvalue weighted by molar-refractivity contribution is -0.139. The van der Waals surface area contributed by atoms with Gasteiger partial charge in [0.25, 0.3) is 0 Å². The summed E-state index contributed by atoms with van der Waals surface area (Å²) < 4.78 is 11.5. The van der Waals surface area contributed by atoms with Crippen LogP contribution in [0.25, 0.3) is 0 Å². The first kappa shape index (κ1) is 17.2. The van der Waals surface area contributed by atoms with Crippen molar-refractivity contribution in [2.45, 2.75) is 32.5 Å². The molecule has 138 valence electrons. The van der Waals surface area contributed by atoms with Gasteiger partial charge in [0.15, 0.2) is 0 Å². The number of likely N-dealkylation sites (tertiary alicyclic amines) is 1. The Balaban J connectivity index is 1.41. The molecule has 0 bridgehead atoms. The van der Waals surface area contributed by atoms with Crippen molar-refractivity contribution >= 4 is 5.91 Å². The Kier molecular flexibility index (Phi) is 5.04. The monoisotopic (exact) mass is 355 g/mol. The minimum absolute atomic E-state index is 0.0401. The zero-order chi connectivity index (χ0) is 17.9. The Morgan fingerprint density at radius 3 is 2.92 bits per heavy atom. The first-order chi connectivity index (χ1) is 12.7. The number of aromatic nitrogens is 1. The van der Waals surface area contributed by atoms with Gasteiger partial charge in [0.05, 0.1) is 43.7 Å². The predicted molar refractivity (Wildman–Crippen MR) is 96.2 cm³/mol. The smallest absolute Gasteiger partial charge is 0.228 e. The summed E-state index contributed by atoms with van der Waals surface area (Å²) in [5.41, 5.74) is 1.91. The van der Waals surface area contributed by atoms with Gasteiger partial charge in [-0.2, -0.15) is 0 Å². The number of piperidine rings is 1. The Morgan fingerprint density at radius 1 is 1.19 bits per heavy atom. The van der Waals surface area contributed by atoms with Crippen molar-refractivity contribution in [2.75, 3.05) is 26.2 Å². The highest BCUT2D eigenvalue weighted by molar-refractivity contribution is 5.79. The van der Waals surface area contributed by atoms with E-state index in [1.54, 1.807) is 6.26 Å². The van der Waals surface area contributed by atoms with E-state index in [0.717, 1.165) is 43.2 Å². The maximum atomic E-state index is 13.1. The number of amides is 1. The molecule has 0 N–H and O–H groups in total. The SMILES string of the molecule is Cc1cccc(CN2CCO[C@@H]3CN(Cc4ccco4)CC[C@@H]3C2=O)n1. The molecule has 0 aliphatic carbocycles. The topological polar surface area (TPSA) is 58.8 Å². The number of ether oxygens (including phenoxy) is 1. The summed E-state index contributed by atoms with van der Waals surface area (Å²) in [5.74, 6) is 1.10. The van der Waals surface area contributed by atoms with Gasteiger partial charge >= 0.3 is 0 Å². The molecule has 2 aliphatic rings. The van der Waals surface area contributed by atoms with E-state index in [2.05, 4.69) is 9.88 Å². The molecule has 6 nitrogen and oxygen atoms in total. The summed E-state index contributed by atoms with van der Waals surface area (Å²) in [7, 11) is 0. The average molecular weight is 355 g/mol. The van der Waals surface area contributed by atoms with Crippen LogP contribution in [-0.2, 0) is 22.6 Å². The first-order valence-electron chi connectivity index (χ1n) is 9.27. The van der Waals surface area contributed by atoms with Crippen molar-refractivity contribution < 1.29 is 13.9 Å². The maximum Gasteiger partial charge on any atom is 0.228 e. The quantitative estimate of drug-likeness (QED) is 0.842. The third kappa shape index (κ3) is 3.81. The van der Waals surface area contributed by atoms with Crippen molar-refractivity contribution in [3.05, 3.63) is 53.7 Å². The van der Waals surface area contributed by atoms with Gasteiger partial charge in [0.2, 0.25) is 5.91 Å². The fourth-order valence-corrected chi connectivity index (χ4v) is 3.90. The van der Waals surface area contributed by atoms with Crippen LogP contribution in [-0.4, -0.2) is 53.0 Å². The zero-order valence-corrected chi connectivity index (χ0v) is 15.1. The molecule has 1 amide bonds. The van der Waals surface area contributed by atoms with Gasteiger partial charge in [0.1, 0.15) is 5.76 Å². The van der Waals surface area contributed by atoms with E-state index in [9.17, 15) is 4.79 Å². The molecule has 0 aromatic carbocycles. The first-order valence-corrected chi connectivity index (χ1v) is 9.27. The maximum absolute atomic E-state index is 13.1. The third-order valence-electron chi connectivity index (χ3n) is 5.22. The minimum atomic E-state index is -0.0600. The number of fused-ring (bicyclic) bond motifs is 1. The molecular formula is C20H25N3O3. The van der Waals surface area contributed by atoms with E-state index in [4.69, 9.17) is 9.15 Å². The molecule has 2 atom stereocenters. The standard InChI is InChI=1S/C20H25N3O3/c1-15-4-2-5-16(21-15)12-23-9-11-26-19-14-22(8-7-18(19)20(23)24)13-17-6-3-10-25-17/h2-6,10,18-19H,7-9,11-14H2,1H3/t18-,19+/m0/s1. The number of furan rings is 1. The van der Waals surface area contributed by atoms with Crippen molar-refractivity contribution in [3.63, 3.8) is 0 Å². The van der Waals surface area contributed by atoms with Crippen molar-refractivity contribution in [1.82, 2.24) is 14.8 Å². The van der Waals surface area contributed by atoms with E-state index in [1.165, 1.54) is 0 Å². The van der Waals surface area contributed by atoms with Gasteiger partial charge in [0, 0.05) is 18.8 Å². The number of aryl methyl sites for hydroxylation is 1. The van der Waals surface area contributed by atoms with E-state index < -0.39 is 0 Å². The van der Waals surface area contributed by atoms with Gasteiger partial charge in [-0.1, -0.05) is 6.07 Å². The van der Waals surface area contributed by atoms with Crippen LogP contribution in [0.2, 0.25) is 0 Å². The molecule has 0 saturated carbocycles. The number of hydrogen-bond donors (Lipinski definition) is 0. The van der Waals surface area contributed by atoms with Crippen LogP contribution in [0.5, 0.6) is 0 Å². The van der Waals surface area contributed by atoms with Crippen molar-refractivity contribution in [3.8, 4) is 0 Å². The largest absolute Gasteiger partial charge is 0.468 e. The fraction of sp³-hybridized carbons (Fsp3) is 0.500. The molecular weight excluding hydrogens is 330 g/mol. The molecule has 0 radical (unpaired) electrons. The highest BCUT2D eigenvalue weighted by Crippen LogP contribution is 2.27. The molecule has 26 heavy (non-hydrogen) atoms.